The molecule has 0 aliphatic carbocycles. The van der Waals surface area contributed by atoms with Crippen molar-refractivity contribution in [2.45, 2.75) is 0 Å². The monoisotopic (exact) mass is 365 g/mol. The summed E-state index contributed by atoms with van der Waals surface area (Å²) in [6, 6.07) is 18.0. The summed E-state index contributed by atoms with van der Waals surface area (Å²) >= 11 is 0. The summed E-state index contributed by atoms with van der Waals surface area (Å²) in [5.74, 6) is 0.870. The van der Waals surface area contributed by atoms with Crippen LogP contribution in [0.5, 0.6) is 5.75 Å². The zero-order valence-corrected chi connectivity index (χ0v) is 15.8. The number of anilines is 1. The van der Waals surface area contributed by atoms with Gasteiger partial charge in [-0.1, -0.05) is 42.5 Å². The van der Waals surface area contributed by atoms with Crippen molar-refractivity contribution in [1.82, 2.24) is 10.2 Å². The zero-order chi connectivity index (χ0) is 18.9. The van der Waals surface area contributed by atoms with Gasteiger partial charge in [0.05, 0.1) is 12.8 Å². The molecule has 1 heterocycles. The summed E-state index contributed by atoms with van der Waals surface area (Å²) in [5, 5.41) is 2.96. The third kappa shape index (κ3) is 5.59. The van der Waals surface area contributed by atoms with Crippen molar-refractivity contribution in [3.63, 3.8) is 0 Å². The Bertz CT molecular complexity index is 753. The Balaban J connectivity index is 1.38. The normalized spacial score (nSPS) is 15.1. The van der Waals surface area contributed by atoms with Gasteiger partial charge in [0.2, 0.25) is 5.91 Å². The number of carbonyl (C=O) groups is 1. The summed E-state index contributed by atoms with van der Waals surface area (Å²) in [4.78, 5) is 16.7. The lowest BCUT2D eigenvalue weighted by Gasteiger charge is -2.36. The van der Waals surface area contributed by atoms with Crippen LogP contribution in [-0.4, -0.2) is 57.2 Å². The first-order chi connectivity index (χ1) is 13.3. The van der Waals surface area contributed by atoms with Gasteiger partial charge in [-0.3, -0.25) is 9.69 Å². The standard InChI is InChI=1S/C22H27N3O2/c1-27-21-10-6-5-9-20(21)25-17-15-24(16-18-25)14-13-23-22(26)12-11-19-7-3-2-4-8-19/h2-12H,13-18H2,1H3,(H,23,26)/b12-11+. The van der Waals surface area contributed by atoms with Gasteiger partial charge in [0.1, 0.15) is 5.75 Å². The summed E-state index contributed by atoms with van der Waals surface area (Å²) in [7, 11) is 1.71. The van der Waals surface area contributed by atoms with E-state index in [4.69, 9.17) is 4.74 Å². The van der Waals surface area contributed by atoms with Crippen molar-refractivity contribution in [3.05, 3.63) is 66.2 Å². The van der Waals surface area contributed by atoms with Crippen LogP contribution in [0.1, 0.15) is 5.56 Å². The van der Waals surface area contributed by atoms with Crippen molar-refractivity contribution in [2.24, 2.45) is 0 Å². The number of methoxy groups -OCH3 is 1. The molecule has 2 aromatic rings. The number of hydrogen-bond acceptors (Lipinski definition) is 4. The number of benzene rings is 2. The summed E-state index contributed by atoms with van der Waals surface area (Å²) in [6.45, 7) is 5.41. The third-order valence-electron chi connectivity index (χ3n) is 4.75. The van der Waals surface area contributed by atoms with E-state index in [0.717, 1.165) is 49.7 Å². The van der Waals surface area contributed by atoms with Crippen molar-refractivity contribution in [2.75, 3.05) is 51.3 Å². The van der Waals surface area contributed by atoms with Gasteiger partial charge < -0.3 is 15.0 Å². The van der Waals surface area contributed by atoms with E-state index in [1.54, 1.807) is 13.2 Å². The van der Waals surface area contributed by atoms with Crippen LogP contribution < -0.4 is 15.0 Å². The van der Waals surface area contributed by atoms with Crippen LogP contribution in [0.2, 0.25) is 0 Å². The molecule has 0 saturated carbocycles. The van der Waals surface area contributed by atoms with E-state index >= 15 is 0 Å². The molecule has 27 heavy (non-hydrogen) atoms. The topological polar surface area (TPSA) is 44.8 Å². The molecule has 1 aliphatic rings. The first-order valence-electron chi connectivity index (χ1n) is 9.37. The molecule has 1 N–H and O–H groups in total. The van der Waals surface area contributed by atoms with E-state index in [2.05, 4.69) is 21.2 Å². The minimum absolute atomic E-state index is 0.0495. The zero-order valence-electron chi connectivity index (χ0n) is 15.8. The molecule has 3 rings (SSSR count). The molecule has 1 saturated heterocycles. The van der Waals surface area contributed by atoms with Crippen LogP contribution >= 0.6 is 0 Å². The molecule has 0 bridgehead atoms. The molecule has 1 fully saturated rings. The fourth-order valence-electron chi connectivity index (χ4n) is 3.24. The van der Waals surface area contributed by atoms with Gasteiger partial charge >= 0.3 is 0 Å². The number of piperazine rings is 1. The second-order valence-electron chi connectivity index (χ2n) is 6.54. The smallest absolute Gasteiger partial charge is 0.244 e. The van der Waals surface area contributed by atoms with Gasteiger partial charge in [-0.15, -0.1) is 0 Å². The molecule has 2 aromatic carbocycles. The van der Waals surface area contributed by atoms with Crippen LogP contribution in [0, 0.1) is 0 Å². The molecule has 0 aromatic heterocycles. The van der Waals surface area contributed by atoms with Crippen molar-refractivity contribution >= 4 is 17.7 Å². The maximum atomic E-state index is 11.9. The fourth-order valence-corrected chi connectivity index (χ4v) is 3.24. The molecule has 1 amide bonds. The number of amides is 1. The van der Waals surface area contributed by atoms with Crippen LogP contribution in [0.25, 0.3) is 6.08 Å². The van der Waals surface area contributed by atoms with E-state index in [1.165, 1.54) is 0 Å². The number of para-hydroxylation sites is 2. The first kappa shape index (κ1) is 19.0. The van der Waals surface area contributed by atoms with Crippen molar-refractivity contribution < 1.29 is 9.53 Å². The largest absolute Gasteiger partial charge is 0.495 e. The average molecular weight is 365 g/mol. The lowest BCUT2D eigenvalue weighted by Crippen LogP contribution is -2.48. The van der Waals surface area contributed by atoms with E-state index < -0.39 is 0 Å². The summed E-state index contributed by atoms with van der Waals surface area (Å²) in [5.41, 5.74) is 2.18. The van der Waals surface area contributed by atoms with E-state index in [9.17, 15) is 4.79 Å². The van der Waals surface area contributed by atoms with Gasteiger partial charge in [0, 0.05) is 45.3 Å². The molecule has 0 unspecified atom stereocenters. The van der Waals surface area contributed by atoms with Crippen LogP contribution in [-0.2, 0) is 4.79 Å². The van der Waals surface area contributed by atoms with E-state index in [1.807, 2.05) is 54.6 Å². The fraction of sp³-hybridized carbons (Fsp3) is 0.318. The van der Waals surface area contributed by atoms with Crippen molar-refractivity contribution in [3.8, 4) is 5.75 Å². The molecule has 5 nitrogen and oxygen atoms in total. The van der Waals surface area contributed by atoms with E-state index in [-0.39, 0.29) is 5.91 Å². The van der Waals surface area contributed by atoms with Crippen LogP contribution in [0.3, 0.4) is 0 Å². The molecule has 0 radical (unpaired) electrons. The van der Waals surface area contributed by atoms with Gasteiger partial charge in [-0.25, -0.2) is 0 Å². The lowest BCUT2D eigenvalue weighted by atomic mass is 10.2. The minimum Gasteiger partial charge on any atom is -0.495 e. The molecule has 0 spiro atoms. The molecule has 1 aliphatic heterocycles. The van der Waals surface area contributed by atoms with Crippen molar-refractivity contribution in [1.29, 1.82) is 0 Å². The number of carbonyl (C=O) groups excluding carboxylic acids is 1. The average Bonchev–Trinajstić information content (AvgIpc) is 2.73. The molecular formula is C22H27N3O2. The molecule has 142 valence electrons. The minimum atomic E-state index is -0.0495. The number of rotatable bonds is 7. The third-order valence-corrected chi connectivity index (χ3v) is 4.75. The predicted molar refractivity (Wildman–Crippen MR) is 110 cm³/mol. The first-order valence-corrected chi connectivity index (χ1v) is 9.37. The Kier molecular flexibility index (Phi) is 6.88. The Labute approximate surface area is 161 Å². The Morgan fingerprint density at radius 1 is 1.04 bits per heavy atom. The number of nitrogens with one attached hydrogen (secondary N) is 1. The second-order valence-corrected chi connectivity index (χ2v) is 6.54. The van der Waals surface area contributed by atoms with Gasteiger partial charge in [-0.05, 0) is 23.8 Å². The SMILES string of the molecule is COc1ccccc1N1CCN(CCNC(=O)/C=C/c2ccccc2)CC1. The summed E-state index contributed by atoms with van der Waals surface area (Å²) in [6.07, 6.45) is 3.43. The highest BCUT2D eigenvalue weighted by atomic mass is 16.5. The highest BCUT2D eigenvalue weighted by Gasteiger charge is 2.19. The highest BCUT2D eigenvalue weighted by Crippen LogP contribution is 2.28. The van der Waals surface area contributed by atoms with Crippen LogP contribution in [0.4, 0.5) is 5.69 Å². The van der Waals surface area contributed by atoms with Crippen LogP contribution in [0.15, 0.2) is 60.7 Å². The quantitative estimate of drug-likeness (QED) is 0.766. The Morgan fingerprint density at radius 3 is 2.48 bits per heavy atom. The van der Waals surface area contributed by atoms with Gasteiger partial charge in [0.25, 0.3) is 0 Å². The maximum Gasteiger partial charge on any atom is 0.244 e. The molecule has 5 heteroatoms. The highest BCUT2D eigenvalue weighted by molar-refractivity contribution is 5.91. The number of hydrogen-bond donors (Lipinski definition) is 1. The molecular weight excluding hydrogens is 338 g/mol. The number of nitrogens with zero attached hydrogens (tertiary/aromatic N) is 2. The van der Waals surface area contributed by atoms with E-state index in [0.29, 0.717) is 6.54 Å². The van der Waals surface area contributed by atoms with Gasteiger partial charge in [-0.2, -0.15) is 0 Å². The predicted octanol–water partition coefficient (Wildman–Crippen LogP) is 2.65. The Hall–Kier alpha value is -2.79. The second kappa shape index (κ2) is 9.78. The number of ether oxygens (including phenoxy) is 1. The van der Waals surface area contributed by atoms with Gasteiger partial charge in [0.15, 0.2) is 0 Å². The lowest BCUT2D eigenvalue weighted by molar-refractivity contribution is -0.116. The maximum absolute atomic E-state index is 11.9. The summed E-state index contributed by atoms with van der Waals surface area (Å²) < 4.78 is 5.46. The molecule has 0 atom stereocenters. The Morgan fingerprint density at radius 2 is 1.74 bits per heavy atom.